The summed E-state index contributed by atoms with van der Waals surface area (Å²) in [7, 11) is 0. The third kappa shape index (κ3) is 5.52. The number of piperazine rings is 1. The lowest BCUT2D eigenvalue weighted by Crippen LogP contribution is -2.56. The van der Waals surface area contributed by atoms with E-state index in [1.165, 1.54) is 6.08 Å². The lowest BCUT2D eigenvalue weighted by atomic mass is 10.1. The Kier molecular flexibility index (Phi) is 7.90. The standard InChI is InChI=1S/C27H28N4O4S/c1-4-14-35-27(34)23-19(3)28-25(20-9-6-5-7-10-20)29-24(23)26(33)30-12-13-31(18(2)17-30)22(32)16-21-11-8-15-36-21/h4-11,15,18H,1,12-14,16-17H2,2-3H3. The third-order valence-corrected chi connectivity index (χ3v) is 6.88. The number of hydrogen-bond acceptors (Lipinski definition) is 7. The van der Waals surface area contributed by atoms with Gasteiger partial charge in [-0.2, -0.15) is 0 Å². The first-order chi connectivity index (χ1) is 17.4. The topological polar surface area (TPSA) is 92.7 Å². The normalized spacial score (nSPS) is 15.4. The van der Waals surface area contributed by atoms with Crippen LogP contribution < -0.4 is 0 Å². The second kappa shape index (κ2) is 11.3. The Hall–Kier alpha value is -3.85. The molecule has 3 heterocycles. The number of aryl methyl sites for hydroxylation is 1. The number of carbonyl (C=O) groups excluding carboxylic acids is 3. The number of carbonyl (C=O) groups is 3. The van der Waals surface area contributed by atoms with Gasteiger partial charge in [0.05, 0.1) is 12.1 Å². The quantitative estimate of drug-likeness (QED) is 0.359. The summed E-state index contributed by atoms with van der Waals surface area (Å²) in [5.74, 6) is -0.668. The molecule has 0 bridgehead atoms. The number of benzene rings is 1. The van der Waals surface area contributed by atoms with Crippen LogP contribution in [0.5, 0.6) is 0 Å². The fraction of sp³-hybridized carbons (Fsp3) is 0.296. The minimum atomic E-state index is -0.673. The number of thiophene rings is 1. The van der Waals surface area contributed by atoms with Crippen LogP contribution in [0.2, 0.25) is 0 Å². The summed E-state index contributed by atoms with van der Waals surface area (Å²) in [4.78, 5) is 52.9. The van der Waals surface area contributed by atoms with Crippen LogP contribution in [0.1, 0.15) is 38.3 Å². The molecule has 1 aromatic carbocycles. The van der Waals surface area contributed by atoms with E-state index in [-0.39, 0.29) is 35.7 Å². The number of ether oxygens (including phenoxy) is 1. The minimum Gasteiger partial charge on any atom is -0.458 e. The maximum Gasteiger partial charge on any atom is 0.342 e. The summed E-state index contributed by atoms with van der Waals surface area (Å²) in [6.07, 6.45) is 1.81. The van der Waals surface area contributed by atoms with Gasteiger partial charge in [-0.3, -0.25) is 9.59 Å². The van der Waals surface area contributed by atoms with Gasteiger partial charge < -0.3 is 14.5 Å². The summed E-state index contributed by atoms with van der Waals surface area (Å²) < 4.78 is 5.24. The van der Waals surface area contributed by atoms with E-state index in [0.717, 1.165) is 10.4 Å². The molecule has 8 nitrogen and oxygen atoms in total. The summed E-state index contributed by atoms with van der Waals surface area (Å²) in [5, 5.41) is 1.95. The van der Waals surface area contributed by atoms with Crippen molar-refractivity contribution in [1.82, 2.24) is 19.8 Å². The van der Waals surface area contributed by atoms with Crippen LogP contribution in [0.25, 0.3) is 11.4 Å². The van der Waals surface area contributed by atoms with E-state index in [4.69, 9.17) is 4.74 Å². The van der Waals surface area contributed by atoms with E-state index in [1.807, 2.05) is 59.7 Å². The predicted molar refractivity (Wildman–Crippen MR) is 138 cm³/mol. The fourth-order valence-electron chi connectivity index (χ4n) is 4.22. The zero-order valence-electron chi connectivity index (χ0n) is 20.3. The van der Waals surface area contributed by atoms with Crippen molar-refractivity contribution >= 4 is 29.1 Å². The van der Waals surface area contributed by atoms with Crippen molar-refractivity contribution in [1.29, 1.82) is 0 Å². The highest BCUT2D eigenvalue weighted by Gasteiger charge is 2.34. The van der Waals surface area contributed by atoms with Gasteiger partial charge in [-0.1, -0.05) is 49.1 Å². The highest BCUT2D eigenvalue weighted by Crippen LogP contribution is 2.23. The van der Waals surface area contributed by atoms with Crippen molar-refractivity contribution < 1.29 is 19.1 Å². The molecular formula is C27H28N4O4S. The highest BCUT2D eigenvalue weighted by molar-refractivity contribution is 7.10. The van der Waals surface area contributed by atoms with Crippen LogP contribution in [0.4, 0.5) is 0 Å². The Labute approximate surface area is 214 Å². The van der Waals surface area contributed by atoms with Crippen molar-refractivity contribution in [3.05, 3.63) is 82.3 Å². The second-order valence-corrected chi connectivity index (χ2v) is 9.59. The van der Waals surface area contributed by atoms with E-state index in [2.05, 4.69) is 16.5 Å². The van der Waals surface area contributed by atoms with Crippen molar-refractivity contribution in [3.8, 4) is 11.4 Å². The van der Waals surface area contributed by atoms with Gasteiger partial charge in [-0.25, -0.2) is 14.8 Å². The van der Waals surface area contributed by atoms with Crippen LogP contribution in [0.3, 0.4) is 0 Å². The molecule has 4 rings (SSSR count). The van der Waals surface area contributed by atoms with Gasteiger partial charge in [-0.05, 0) is 25.3 Å². The SMILES string of the molecule is C=CCOC(=O)c1c(C)nc(-c2ccccc2)nc1C(=O)N1CCN(C(=O)Cc2cccs2)C(C)C1. The van der Waals surface area contributed by atoms with Crippen LogP contribution in [-0.4, -0.2) is 69.8 Å². The fourth-order valence-corrected chi connectivity index (χ4v) is 4.92. The lowest BCUT2D eigenvalue weighted by Gasteiger charge is -2.40. The van der Waals surface area contributed by atoms with Gasteiger partial charge in [-0.15, -0.1) is 11.3 Å². The zero-order chi connectivity index (χ0) is 25.7. The van der Waals surface area contributed by atoms with Crippen molar-refractivity contribution in [3.63, 3.8) is 0 Å². The maximum absolute atomic E-state index is 13.7. The van der Waals surface area contributed by atoms with Crippen LogP contribution in [0.15, 0.2) is 60.5 Å². The minimum absolute atomic E-state index is 0.000905. The predicted octanol–water partition coefficient (Wildman–Crippen LogP) is 3.77. The Morgan fingerprint density at radius 1 is 1.14 bits per heavy atom. The Morgan fingerprint density at radius 3 is 2.58 bits per heavy atom. The van der Waals surface area contributed by atoms with Crippen LogP contribution in [0, 0.1) is 6.92 Å². The molecule has 1 atom stereocenters. The van der Waals surface area contributed by atoms with E-state index in [1.54, 1.807) is 23.2 Å². The molecule has 9 heteroatoms. The molecular weight excluding hydrogens is 476 g/mol. The Bertz CT molecular complexity index is 1260. The molecule has 0 saturated carbocycles. The Balaban J connectivity index is 1.60. The Morgan fingerprint density at radius 2 is 1.92 bits per heavy atom. The summed E-state index contributed by atoms with van der Waals surface area (Å²) in [5.41, 5.74) is 1.14. The van der Waals surface area contributed by atoms with Gasteiger partial charge in [0.2, 0.25) is 5.91 Å². The van der Waals surface area contributed by atoms with Crippen LogP contribution in [-0.2, 0) is 16.0 Å². The molecule has 0 spiro atoms. The lowest BCUT2D eigenvalue weighted by molar-refractivity contribution is -0.134. The van der Waals surface area contributed by atoms with E-state index in [0.29, 0.717) is 37.6 Å². The van der Waals surface area contributed by atoms with Gasteiger partial charge in [0.25, 0.3) is 5.91 Å². The smallest absolute Gasteiger partial charge is 0.342 e. The first kappa shape index (κ1) is 25.2. The molecule has 3 aromatic rings. The van der Waals surface area contributed by atoms with Crippen molar-refractivity contribution in [2.45, 2.75) is 26.3 Å². The summed E-state index contributed by atoms with van der Waals surface area (Å²) >= 11 is 1.55. The first-order valence-electron chi connectivity index (χ1n) is 11.7. The van der Waals surface area contributed by atoms with E-state index in [9.17, 15) is 14.4 Å². The van der Waals surface area contributed by atoms with E-state index < -0.39 is 5.97 Å². The number of hydrogen-bond donors (Lipinski definition) is 0. The van der Waals surface area contributed by atoms with E-state index >= 15 is 0 Å². The van der Waals surface area contributed by atoms with Gasteiger partial charge >= 0.3 is 5.97 Å². The second-order valence-electron chi connectivity index (χ2n) is 8.55. The zero-order valence-corrected chi connectivity index (χ0v) is 21.2. The highest BCUT2D eigenvalue weighted by atomic mass is 32.1. The average Bonchev–Trinajstić information content (AvgIpc) is 3.39. The molecule has 36 heavy (non-hydrogen) atoms. The number of aromatic nitrogens is 2. The summed E-state index contributed by atoms with van der Waals surface area (Å²) in [6, 6.07) is 13.0. The molecule has 0 N–H and O–H groups in total. The number of rotatable bonds is 7. The molecule has 0 aliphatic carbocycles. The van der Waals surface area contributed by atoms with Crippen LogP contribution >= 0.6 is 11.3 Å². The van der Waals surface area contributed by atoms with Gasteiger partial charge in [0.1, 0.15) is 17.9 Å². The van der Waals surface area contributed by atoms with Crippen molar-refractivity contribution in [2.75, 3.05) is 26.2 Å². The number of amides is 2. The number of nitrogens with zero attached hydrogens (tertiary/aromatic N) is 4. The molecule has 0 radical (unpaired) electrons. The maximum atomic E-state index is 13.7. The molecule has 1 saturated heterocycles. The molecule has 2 aromatic heterocycles. The largest absolute Gasteiger partial charge is 0.458 e. The molecule has 2 amide bonds. The average molecular weight is 505 g/mol. The van der Waals surface area contributed by atoms with Crippen molar-refractivity contribution in [2.24, 2.45) is 0 Å². The number of esters is 1. The molecule has 1 aliphatic rings. The van der Waals surface area contributed by atoms with Gasteiger partial charge in [0, 0.05) is 36.1 Å². The first-order valence-corrected chi connectivity index (χ1v) is 12.6. The molecule has 1 unspecified atom stereocenters. The van der Waals surface area contributed by atoms with Gasteiger partial charge in [0.15, 0.2) is 5.82 Å². The monoisotopic (exact) mass is 504 g/mol. The summed E-state index contributed by atoms with van der Waals surface area (Å²) in [6.45, 7) is 8.24. The molecule has 186 valence electrons. The molecule has 1 fully saturated rings. The third-order valence-electron chi connectivity index (χ3n) is 6.00. The molecule has 1 aliphatic heterocycles.